The molecule has 1 aliphatic heterocycles. The van der Waals surface area contributed by atoms with Gasteiger partial charge in [0.15, 0.2) is 0 Å². The molecule has 0 unspecified atom stereocenters. The molecule has 0 aromatic heterocycles. The molecule has 1 heterocycles. The maximum atomic E-state index is 13.0. The Hall–Kier alpha value is -5.23. The summed E-state index contributed by atoms with van der Waals surface area (Å²) in [4.78, 5) is 71.5. The van der Waals surface area contributed by atoms with E-state index < -0.39 is 17.9 Å². The van der Waals surface area contributed by atoms with Crippen LogP contribution in [0.25, 0.3) is 0 Å². The Morgan fingerprint density at radius 2 is 0.930 bits per heavy atom. The van der Waals surface area contributed by atoms with Gasteiger partial charge in [0.1, 0.15) is 0 Å². The second-order valence-corrected chi connectivity index (χ2v) is 13.6. The molecule has 0 radical (unpaired) electrons. The first kappa shape index (κ1) is 46.2. The number of rotatable bonds is 18. The minimum Gasteiger partial charge on any atom is -0.480 e. The number of carboxylic acids is 3. The van der Waals surface area contributed by atoms with E-state index in [1.807, 2.05) is 65.6 Å². The predicted molar refractivity (Wildman–Crippen MR) is 214 cm³/mol. The van der Waals surface area contributed by atoms with E-state index in [9.17, 15) is 39.3 Å². The zero-order chi connectivity index (χ0) is 41.3. The Labute approximate surface area is 334 Å². The fraction of sp³-hybridized carbons (Fsp3) is 0.439. The summed E-state index contributed by atoms with van der Waals surface area (Å²) in [5, 5.41) is 34.1. The first-order chi connectivity index (χ1) is 27.5. The van der Waals surface area contributed by atoms with Crippen LogP contribution in [0.1, 0.15) is 29.2 Å². The van der Waals surface area contributed by atoms with Gasteiger partial charge in [-0.3, -0.25) is 48.4 Å². The van der Waals surface area contributed by atoms with Gasteiger partial charge in [-0.25, -0.2) is 5.48 Å². The van der Waals surface area contributed by atoms with Gasteiger partial charge < -0.3 is 26.0 Å². The van der Waals surface area contributed by atoms with Crippen molar-refractivity contribution in [2.75, 3.05) is 85.1 Å². The van der Waals surface area contributed by atoms with E-state index in [0.717, 1.165) is 23.1 Å². The summed E-state index contributed by atoms with van der Waals surface area (Å²) in [5.74, 6) is -3.57. The van der Waals surface area contributed by atoms with Crippen LogP contribution in [-0.4, -0.2) is 150 Å². The molecule has 4 rings (SSSR count). The molecule has 1 aliphatic rings. The average Bonchev–Trinajstić information content (AvgIpc) is 3.19. The molecular weight excluding hydrogens is 734 g/mol. The summed E-state index contributed by atoms with van der Waals surface area (Å²) >= 11 is 0. The summed E-state index contributed by atoms with van der Waals surface area (Å²) < 4.78 is 0. The number of hydroxylamine groups is 1. The SMILES string of the molecule is CCc1ccccc1.O=C(O)CN1CCN(CC(=O)O)CCN(CC(=O)NCc2ccc(CNCC(=O)NOCc3ccccc3)cc2)CCN(CC(=O)O)CC1. The van der Waals surface area contributed by atoms with Gasteiger partial charge in [-0.05, 0) is 28.7 Å². The van der Waals surface area contributed by atoms with Crippen LogP contribution < -0.4 is 16.1 Å². The molecule has 16 heteroatoms. The highest BCUT2D eigenvalue weighted by molar-refractivity contribution is 5.78. The molecule has 0 spiro atoms. The van der Waals surface area contributed by atoms with E-state index in [1.54, 1.807) is 14.7 Å². The molecular formula is C41H57N7O9. The van der Waals surface area contributed by atoms with E-state index in [1.165, 1.54) is 5.56 Å². The maximum absolute atomic E-state index is 13.0. The minimum absolute atomic E-state index is 0.0338. The van der Waals surface area contributed by atoms with Crippen LogP contribution in [0, 0.1) is 0 Å². The van der Waals surface area contributed by atoms with Crippen LogP contribution in [0.3, 0.4) is 0 Å². The second kappa shape index (κ2) is 26.6. The van der Waals surface area contributed by atoms with Crippen molar-refractivity contribution in [1.82, 2.24) is 35.7 Å². The van der Waals surface area contributed by atoms with Crippen molar-refractivity contribution in [2.45, 2.75) is 33.0 Å². The van der Waals surface area contributed by atoms with Crippen molar-refractivity contribution < 1.29 is 44.1 Å². The van der Waals surface area contributed by atoms with E-state index in [0.29, 0.717) is 58.9 Å². The Kier molecular flexibility index (Phi) is 21.5. The fourth-order valence-corrected chi connectivity index (χ4v) is 5.86. The molecule has 3 aromatic rings. The van der Waals surface area contributed by atoms with Crippen LogP contribution in [0.2, 0.25) is 0 Å². The molecule has 2 amide bonds. The summed E-state index contributed by atoms with van der Waals surface area (Å²) in [6.07, 6.45) is 1.14. The fourth-order valence-electron chi connectivity index (χ4n) is 5.86. The highest BCUT2D eigenvalue weighted by Gasteiger charge is 2.21. The molecule has 6 N–H and O–H groups in total. The number of nitrogens with one attached hydrogen (secondary N) is 3. The zero-order valence-electron chi connectivity index (χ0n) is 32.7. The molecule has 1 fully saturated rings. The summed E-state index contributed by atoms with van der Waals surface area (Å²) in [7, 11) is 0. The van der Waals surface area contributed by atoms with Crippen LogP contribution in [-0.2, 0) is 54.9 Å². The molecule has 310 valence electrons. The minimum atomic E-state index is -1.02. The van der Waals surface area contributed by atoms with Gasteiger partial charge in [0, 0.05) is 65.4 Å². The number of carboxylic acid groups (broad SMARTS) is 3. The number of aliphatic carboxylic acids is 3. The normalized spacial score (nSPS) is 14.9. The van der Waals surface area contributed by atoms with Gasteiger partial charge in [0.25, 0.3) is 5.91 Å². The average molecular weight is 792 g/mol. The van der Waals surface area contributed by atoms with Gasteiger partial charge >= 0.3 is 17.9 Å². The molecule has 0 aliphatic carbocycles. The molecule has 3 aromatic carbocycles. The Bertz CT molecular complexity index is 1620. The lowest BCUT2D eigenvalue weighted by atomic mass is 10.1. The number of hydrogen-bond acceptors (Lipinski definition) is 11. The highest BCUT2D eigenvalue weighted by Crippen LogP contribution is 2.06. The number of amides is 2. The van der Waals surface area contributed by atoms with Gasteiger partial charge in [0.2, 0.25) is 5.91 Å². The quantitative estimate of drug-likeness (QED) is 0.101. The van der Waals surface area contributed by atoms with Crippen molar-refractivity contribution in [3.05, 3.63) is 107 Å². The first-order valence-corrected chi connectivity index (χ1v) is 19.1. The van der Waals surface area contributed by atoms with E-state index in [-0.39, 0.29) is 57.7 Å². The Balaban J connectivity index is 0.000000964. The summed E-state index contributed by atoms with van der Waals surface area (Å²) in [6, 6.07) is 27.5. The predicted octanol–water partition coefficient (Wildman–Crippen LogP) is 1.36. The highest BCUT2D eigenvalue weighted by atomic mass is 16.6. The lowest BCUT2D eigenvalue weighted by Crippen LogP contribution is -2.49. The number of benzene rings is 3. The first-order valence-electron chi connectivity index (χ1n) is 19.1. The monoisotopic (exact) mass is 791 g/mol. The van der Waals surface area contributed by atoms with Crippen molar-refractivity contribution in [2.24, 2.45) is 0 Å². The lowest BCUT2D eigenvalue weighted by molar-refractivity contribution is -0.140. The number of carbonyl (C=O) groups is 5. The third kappa shape index (κ3) is 21.0. The van der Waals surface area contributed by atoms with E-state index >= 15 is 0 Å². The van der Waals surface area contributed by atoms with Crippen molar-refractivity contribution in [1.29, 1.82) is 0 Å². The van der Waals surface area contributed by atoms with Crippen molar-refractivity contribution in [3.8, 4) is 0 Å². The second-order valence-electron chi connectivity index (χ2n) is 13.6. The number of nitrogens with zero attached hydrogens (tertiary/aromatic N) is 4. The van der Waals surface area contributed by atoms with Gasteiger partial charge in [-0.1, -0.05) is 91.9 Å². The van der Waals surface area contributed by atoms with Crippen molar-refractivity contribution >= 4 is 29.7 Å². The van der Waals surface area contributed by atoms with Crippen LogP contribution in [0.5, 0.6) is 0 Å². The smallest absolute Gasteiger partial charge is 0.317 e. The zero-order valence-corrected chi connectivity index (χ0v) is 32.7. The van der Waals surface area contributed by atoms with Gasteiger partial charge in [-0.15, -0.1) is 0 Å². The van der Waals surface area contributed by atoms with E-state index in [2.05, 4.69) is 47.3 Å². The largest absolute Gasteiger partial charge is 0.480 e. The number of aryl methyl sites for hydroxylation is 1. The molecule has 16 nitrogen and oxygen atoms in total. The molecule has 0 saturated carbocycles. The molecule has 57 heavy (non-hydrogen) atoms. The number of hydrogen-bond donors (Lipinski definition) is 6. The molecule has 0 bridgehead atoms. The summed E-state index contributed by atoms with van der Waals surface area (Å²) in [6.45, 7) is 5.20. The van der Waals surface area contributed by atoms with Crippen LogP contribution in [0.4, 0.5) is 0 Å². The van der Waals surface area contributed by atoms with Gasteiger partial charge in [-0.2, -0.15) is 0 Å². The van der Waals surface area contributed by atoms with Gasteiger partial charge in [0.05, 0.1) is 39.3 Å². The molecule has 0 atom stereocenters. The lowest BCUT2D eigenvalue weighted by Gasteiger charge is -2.32. The van der Waals surface area contributed by atoms with Crippen molar-refractivity contribution in [3.63, 3.8) is 0 Å². The Morgan fingerprint density at radius 1 is 0.526 bits per heavy atom. The topological polar surface area (TPSA) is 204 Å². The van der Waals surface area contributed by atoms with Crippen LogP contribution >= 0.6 is 0 Å². The number of carbonyl (C=O) groups excluding carboxylic acids is 2. The summed E-state index contributed by atoms with van der Waals surface area (Å²) in [5.41, 5.74) is 6.60. The maximum Gasteiger partial charge on any atom is 0.317 e. The third-order valence-electron chi connectivity index (χ3n) is 9.02. The van der Waals surface area contributed by atoms with Crippen LogP contribution in [0.15, 0.2) is 84.9 Å². The Morgan fingerprint density at radius 3 is 1.33 bits per heavy atom. The standard InChI is InChI=1S/C33H47N7O9.C8H10/c41-29(36-49-25-28-4-2-1-3-5-28)20-34-18-26-6-8-27(9-7-26)19-35-30(42)21-37-10-12-38(22-31(43)44)14-16-40(24-33(47)48)17-15-39(13-11-37)23-32(45)46;1-2-8-6-4-3-5-7-8/h1-9,34H,10-25H2,(H,35,42)(H,36,41)(H,43,44)(H,45,46)(H,47,48);3-7H,2H2,1H3. The third-order valence-corrected chi connectivity index (χ3v) is 9.02. The molecule has 1 saturated heterocycles. The van der Waals surface area contributed by atoms with E-state index in [4.69, 9.17) is 4.84 Å².